The minimum atomic E-state index is -0.0358. The fraction of sp³-hybridized carbons (Fsp3) is 0.474. The van der Waals surface area contributed by atoms with Crippen LogP contribution in [0.2, 0.25) is 5.02 Å². The SMILES string of the molecule is Cc1nn(Cc2ccccc2Cl)c(C)c1C(=O)NCCC1CCNC1. The van der Waals surface area contributed by atoms with Gasteiger partial charge in [0.1, 0.15) is 0 Å². The van der Waals surface area contributed by atoms with Gasteiger partial charge in [-0.2, -0.15) is 5.10 Å². The molecule has 1 amide bonds. The van der Waals surface area contributed by atoms with Crippen LogP contribution in [0.5, 0.6) is 0 Å². The molecule has 1 fully saturated rings. The lowest BCUT2D eigenvalue weighted by Gasteiger charge is -2.10. The molecule has 0 aliphatic carbocycles. The van der Waals surface area contributed by atoms with Gasteiger partial charge in [0.05, 0.1) is 17.8 Å². The molecule has 1 aromatic carbocycles. The number of rotatable bonds is 6. The van der Waals surface area contributed by atoms with E-state index in [1.54, 1.807) is 0 Å². The van der Waals surface area contributed by atoms with E-state index < -0.39 is 0 Å². The van der Waals surface area contributed by atoms with Gasteiger partial charge in [-0.1, -0.05) is 29.8 Å². The summed E-state index contributed by atoms with van der Waals surface area (Å²) in [5, 5.41) is 11.7. The summed E-state index contributed by atoms with van der Waals surface area (Å²) in [4.78, 5) is 12.6. The zero-order valence-corrected chi connectivity index (χ0v) is 15.6. The molecule has 134 valence electrons. The van der Waals surface area contributed by atoms with Crippen LogP contribution in [0.25, 0.3) is 0 Å². The van der Waals surface area contributed by atoms with Gasteiger partial charge in [-0.05, 0) is 57.3 Å². The second kappa shape index (κ2) is 8.02. The minimum absolute atomic E-state index is 0.0358. The molecule has 3 rings (SSSR count). The molecule has 2 N–H and O–H groups in total. The quantitative estimate of drug-likeness (QED) is 0.832. The van der Waals surface area contributed by atoms with E-state index in [0.717, 1.165) is 36.5 Å². The molecule has 0 spiro atoms. The van der Waals surface area contributed by atoms with Gasteiger partial charge in [0.25, 0.3) is 5.91 Å². The Morgan fingerprint density at radius 3 is 2.92 bits per heavy atom. The van der Waals surface area contributed by atoms with Crippen LogP contribution in [0.3, 0.4) is 0 Å². The first-order chi connectivity index (χ1) is 12.1. The van der Waals surface area contributed by atoms with Crippen molar-refractivity contribution in [3.63, 3.8) is 0 Å². The number of aromatic nitrogens is 2. The monoisotopic (exact) mass is 360 g/mol. The van der Waals surface area contributed by atoms with Gasteiger partial charge in [0, 0.05) is 17.3 Å². The van der Waals surface area contributed by atoms with Crippen molar-refractivity contribution in [3.05, 3.63) is 51.8 Å². The Bertz CT molecular complexity index is 750. The van der Waals surface area contributed by atoms with Crippen LogP contribution < -0.4 is 10.6 Å². The van der Waals surface area contributed by atoms with E-state index in [-0.39, 0.29) is 5.91 Å². The molecule has 1 unspecified atom stereocenters. The Kier molecular flexibility index (Phi) is 5.76. The second-order valence-corrected chi connectivity index (χ2v) is 7.11. The fourth-order valence-corrected chi connectivity index (χ4v) is 3.60. The molecule has 1 atom stereocenters. The third kappa shape index (κ3) is 4.22. The van der Waals surface area contributed by atoms with Gasteiger partial charge in [-0.25, -0.2) is 0 Å². The molecular formula is C19H25ClN4O. The molecule has 5 nitrogen and oxygen atoms in total. The molecule has 2 heterocycles. The largest absolute Gasteiger partial charge is 0.352 e. The number of nitrogens with one attached hydrogen (secondary N) is 2. The van der Waals surface area contributed by atoms with E-state index in [1.165, 1.54) is 6.42 Å². The zero-order valence-electron chi connectivity index (χ0n) is 14.8. The lowest BCUT2D eigenvalue weighted by molar-refractivity contribution is 0.0950. The first-order valence-corrected chi connectivity index (χ1v) is 9.20. The van der Waals surface area contributed by atoms with Crippen LogP contribution in [0, 0.1) is 19.8 Å². The summed E-state index contributed by atoms with van der Waals surface area (Å²) in [7, 11) is 0. The Balaban J connectivity index is 1.66. The van der Waals surface area contributed by atoms with Crippen LogP contribution in [-0.2, 0) is 6.54 Å². The average Bonchev–Trinajstić information content (AvgIpc) is 3.18. The number of hydrogen-bond acceptors (Lipinski definition) is 3. The van der Waals surface area contributed by atoms with Crippen LogP contribution in [-0.4, -0.2) is 35.3 Å². The third-order valence-corrected chi connectivity index (χ3v) is 5.26. The highest BCUT2D eigenvalue weighted by Crippen LogP contribution is 2.19. The number of aryl methyl sites for hydroxylation is 1. The highest BCUT2D eigenvalue weighted by molar-refractivity contribution is 6.31. The maximum atomic E-state index is 12.6. The predicted octanol–water partition coefficient (Wildman–Crippen LogP) is 2.93. The molecule has 6 heteroatoms. The van der Waals surface area contributed by atoms with Crippen molar-refractivity contribution in [2.24, 2.45) is 5.92 Å². The van der Waals surface area contributed by atoms with Gasteiger partial charge in [0.2, 0.25) is 0 Å². The van der Waals surface area contributed by atoms with Crippen LogP contribution in [0.1, 0.15) is 40.2 Å². The van der Waals surface area contributed by atoms with E-state index in [0.29, 0.717) is 29.6 Å². The van der Waals surface area contributed by atoms with Crippen molar-refractivity contribution in [1.29, 1.82) is 0 Å². The molecule has 1 aromatic heterocycles. The molecule has 0 bridgehead atoms. The molecule has 1 aliphatic rings. The number of carbonyl (C=O) groups excluding carboxylic acids is 1. The molecule has 0 saturated carbocycles. The number of halogens is 1. The topological polar surface area (TPSA) is 59.0 Å². The van der Waals surface area contributed by atoms with Gasteiger partial charge in [-0.15, -0.1) is 0 Å². The van der Waals surface area contributed by atoms with Crippen molar-refractivity contribution >= 4 is 17.5 Å². The van der Waals surface area contributed by atoms with Crippen molar-refractivity contribution in [1.82, 2.24) is 20.4 Å². The van der Waals surface area contributed by atoms with E-state index in [2.05, 4.69) is 15.7 Å². The van der Waals surface area contributed by atoms with Gasteiger partial charge in [0.15, 0.2) is 0 Å². The van der Waals surface area contributed by atoms with E-state index in [9.17, 15) is 4.79 Å². The molecule has 1 saturated heterocycles. The number of nitrogens with zero attached hydrogens (tertiary/aromatic N) is 2. The molecule has 1 aliphatic heterocycles. The second-order valence-electron chi connectivity index (χ2n) is 6.70. The minimum Gasteiger partial charge on any atom is -0.352 e. The van der Waals surface area contributed by atoms with Gasteiger partial charge in [-0.3, -0.25) is 9.48 Å². The maximum absolute atomic E-state index is 12.6. The smallest absolute Gasteiger partial charge is 0.255 e. The number of carbonyl (C=O) groups is 1. The lowest BCUT2D eigenvalue weighted by atomic mass is 10.1. The molecule has 0 radical (unpaired) electrons. The predicted molar refractivity (Wildman–Crippen MR) is 100 cm³/mol. The van der Waals surface area contributed by atoms with E-state index >= 15 is 0 Å². The van der Waals surface area contributed by atoms with Crippen molar-refractivity contribution < 1.29 is 4.79 Å². The van der Waals surface area contributed by atoms with E-state index in [1.807, 2.05) is 42.8 Å². The standard InChI is InChI=1S/C19H25ClN4O/c1-13-18(19(25)22-10-8-15-7-9-21-11-15)14(2)24(23-13)12-16-5-3-4-6-17(16)20/h3-6,15,21H,7-12H2,1-2H3,(H,22,25). The molecular weight excluding hydrogens is 336 g/mol. The van der Waals surface area contributed by atoms with Crippen molar-refractivity contribution in [2.45, 2.75) is 33.2 Å². The van der Waals surface area contributed by atoms with Gasteiger partial charge >= 0.3 is 0 Å². The van der Waals surface area contributed by atoms with Crippen molar-refractivity contribution in [3.8, 4) is 0 Å². The summed E-state index contributed by atoms with van der Waals surface area (Å²) >= 11 is 6.24. The van der Waals surface area contributed by atoms with Crippen LogP contribution in [0.15, 0.2) is 24.3 Å². The average molecular weight is 361 g/mol. The van der Waals surface area contributed by atoms with Gasteiger partial charge < -0.3 is 10.6 Å². The summed E-state index contributed by atoms with van der Waals surface area (Å²) in [6.45, 7) is 7.24. The summed E-state index contributed by atoms with van der Waals surface area (Å²) in [5.74, 6) is 0.636. The fourth-order valence-electron chi connectivity index (χ4n) is 3.41. The number of hydrogen-bond donors (Lipinski definition) is 2. The summed E-state index contributed by atoms with van der Waals surface area (Å²) in [6.07, 6.45) is 2.22. The molecule has 25 heavy (non-hydrogen) atoms. The van der Waals surface area contributed by atoms with Crippen LogP contribution >= 0.6 is 11.6 Å². The normalized spacial score (nSPS) is 17.0. The number of benzene rings is 1. The third-order valence-electron chi connectivity index (χ3n) is 4.89. The number of amides is 1. The van der Waals surface area contributed by atoms with Crippen LogP contribution in [0.4, 0.5) is 0 Å². The summed E-state index contributed by atoms with van der Waals surface area (Å²) in [6, 6.07) is 7.71. The van der Waals surface area contributed by atoms with E-state index in [4.69, 9.17) is 11.6 Å². The first kappa shape index (κ1) is 18.0. The summed E-state index contributed by atoms with van der Waals surface area (Å²) in [5.41, 5.74) is 3.30. The highest BCUT2D eigenvalue weighted by atomic mass is 35.5. The highest BCUT2D eigenvalue weighted by Gasteiger charge is 2.20. The Morgan fingerprint density at radius 1 is 1.40 bits per heavy atom. The molecule has 2 aromatic rings. The Morgan fingerprint density at radius 2 is 2.20 bits per heavy atom. The summed E-state index contributed by atoms with van der Waals surface area (Å²) < 4.78 is 1.85. The van der Waals surface area contributed by atoms with Crippen molar-refractivity contribution in [2.75, 3.05) is 19.6 Å². The first-order valence-electron chi connectivity index (χ1n) is 8.82. The lowest BCUT2D eigenvalue weighted by Crippen LogP contribution is -2.27. The Hall–Kier alpha value is -1.85. The Labute approximate surface area is 153 Å². The maximum Gasteiger partial charge on any atom is 0.255 e. The zero-order chi connectivity index (χ0) is 17.8.